The predicted molar refractivity (Wildman–Crippen MR) is 96.8 cm³/mol. The lowest BCUT2D eigenvalue weighted by molar-refractivity contribution is -0.134. The molecule has 0 saturated carbocycles. The zero-order valence-electron chi connectivity index (χ0n) is 14.6. The molecule has 1 amide bonds. The van der Waals surface area contributed by atoms with Crippen molar-refractivity contribution in [1.82, 2.24) is 14.7 Å². The zero-order valence-corrected chi connectivity index (χ0v) is 14.6. The number of aromatic nitrogens is 2. The quantitative estimate of drug-likeness (QED) is 0.865. The highest BCUT2D eigenvalue weighted by molar-refractivity contribution is 5.76. The number of nitrogen functional groups attached to an aromatic ring is 1. The van der Waals surface area contributed by atoms with Crippen LogP contribution in [0.2, 0.25) is 0 Å². The number of likely N-dealkylation sites (tertiary alicyclic amines) is 1. The van der Waals surface area contributed by atoms with Crippen molar-refractivity contribution >= 4 is 11.7 Å². The molecule has 6 nitrogen and oxygen atoms in total. The van der Waals surface area contributed by atoms with Crippen LogP contribution in [0.25, 0.3) is 0 Å². The van der Waals surface area contributed by atoms with E-state index in [-0.39, 0.29) is 24.5 Å². The Bertz CT molecular complexity index is 705. The zero-order chi connectivity index (χ0) is 17.8. The summed E-state index contributed by atoms with van der Waals surface area (Å²) in [6.45, 7) is 3.39. The number of hydrogen-bond acceptors (Lipinski definition) is 4. The second-order valence-electron chi connectivity index (χ2n) is 6.84. The fourth-order valence-corrected chi connectivity index (χ4v) is 3.48. The van der Waals surface area contributed by atoms with E-state index in [0.717, 1.165) is 24.1 Å². The third kappa shape index (κ3) is 4.39. The minimum Gasteiger partial charge on any atom is -0.392 e. The van der Waals surface area contributed by atoms with E-state index < -0.39 is 0 Å². The molecule has 1 atom stereocenters. The summed E-state index contributed by atoms with van der Waals surface area (Å²) in [5.74, 6) is 0.783. The van der Waals surface area contributed by atoms with E-state index in [9.17, 15) is 9.90 Å². The Hall–Kier alpha value is -2.34. The van der Waals surface area contributed by atoms with Gasteiger partial charge in [0.25, 0.3) is 0 Å². The van der Waals surface area contributed by atoms with Crippen molar-refractivity contribution in [2.24, 2.45) is 5.92 Å². The van der Waals surface area contributed by atoms with E-state index in [0.29, 0.717) is 25.3 Å². The number of amides is 1. The first-order chi connectivity index (χ1) is 12.0. The van der Waals surface area contributed by atoms with E-state index in [1.165, 1.54) is 0 Å². The minimum absolute atomic E-state index is 0.0331. The average molecular weight is 342 g/mol. The van der Waals surface area contributed by atoms with Gasteiger partial charge in [-0.1, -0.05) is 30.3 Å². The van der Waals surface area contributed by atoms with Crippen LogP contribution in [0.5, 0.6) is 0 Å². The summed E-state index contributed by atoms with van der Waals surface area (Å²) in [6, 6.07) is 11.8. The van der Waals surface area contributed by atoms with E-state index in [1.54, 1.807) is 10.7 Å². The molecule has 3 rings (SSSR count). The van der Waals surface area contributed by atoms with Crippen LogP contribution >= 0.6 is 0 Å². The van der Waals surface area contributed by atoms with Crippen molar-refractivity contribution in [2.45, 2.75) is 38.8 Å². The van der Waals surface area contributed by atoms with Gasteiger partial charge < -0.3 is 15.7 Å². The fraction of sp³-hybridized carbons (Fsp3) is 0.474. The maximum atomic E-state index is 12.4. The first kappa shape index (κ1) is 17.5. The number of benzene rings is 1. The Morgan fingerprint density at radius 1 is 1.32 bits per heavy atom. The van der Waals surface area contributed by atoms with E-state index in [1.807, 2.05) is 42.2 Å². The molecule has 1 aromatic heterocycles. The van der Waals surface area contributed by atoms with Gasteiger partial charge in [0.1, 0.15) is 12.4 Å². The Kier molecular flexibility index (Phi) is 5.38. The van der Waals surface area contributed by atoms with E-state index in [4.69, 9.17) is 5.73 Å². The van der Waals surface area contributed by atoms with Gasteiger partial charge >= 0.3 is 0 Å². The van der Waals surface area contributed by atoms with Gasteiger partial charge in [-0.2, -0.15) is 5.10 Å². The maximum Gasteiger partial charge on any atom is 0.244 e. The second kappa shape index (κ2) is 7.70. The highest BCUT2D eigenvalue weighted by Gasteiger charge is 2.27. The van der Waals surface area contributed by atoms with Gasteiger partial charge in [0, 0.05) is 19.2 Å². The highest BCUT2D eigenvalue weighted by atomic mass is 16.3. The molecule has 6 heteroatoms. The lowest BCUT2D eigenvalue weighted by Crippen LogP contribution is -2.43. The Morgan fingerprint density at radius 2 is 2.00 bits per heavy atom. The van der Waals surface area contributed by atoms with Gasteiger partial charge in [0.05, 0.1) is 11.8 Å². The van der Waals surface area contributed by atoms with E-state index >= 15 is 0 Å². The van der Waals surface area contributed by atoms with Crippen molar-refractivity contribution in [3.8, 4) is 0 Å². The number of aliphatic hydroxyl groups is 1. The molecule has 0 spiro atoms. The number of nitrogens with two attached hydrogens (primary N) is 1. The largest absolute Gasteiger partial charge is 0.392 e. The minimum atomic E-state index is -0.357. The summed E-state index contributed by atoms with van der Waals surface area (Å²) < 4.78 is 1.55. The van der Waals surface area contributed by atoms with Crippen LogP contribution in [0, 0.1) is 12.8 Å². The summed E-state index contributed by atoms with van der Waals surface area (Å²) in [5, 5.41) is 14.7. The Morgan fingerprint density at radius 3 is 2.60 bits per heavy atom. The van der Waals surface area contributed by atoms with Crippen LogP contribution in [0.3, 0.4) is 0 Å². The molecule has 3 N–H and O–H groups in total. The molecule has 1 aromatic carbocycles. The highest BCUT2D eigenvalue weighted by Crippen LogP contribution is 2.23. The van der Waals surface area contributed by atoms with Crippen LogP contribution < -0.4 is 5.73 Å². The Balaban J connectivity index is 1.49. The summed E-state index contributed by atoms with van der Waals surface area (Å²) in [7, 11) is 0. The number of hydrogen-bond donors (Lipinski definition) is 2. The fourth-order valence-electron chi connectivity index (χ4n) is 3.48. The number of piperidine rings is 1. The molecule has 0 unspecified atom stereocenters. The molecule has 0 aliphatic carbocycles. The molecule has 1 aliphatic heterocycles. The van der Waals surface area contributed by atoms with Crippen LogP contribution in [0.1, 0.15) is 24.1 Å². The lowest BCUT2D eigenvalue weighted by atomic mass is 9.88. The molecule has 134 valence electrons. The number of rotatable bonds is 5. The predicted octanol–water partition coefficient (Wildman–Crippen LogP) is 1.62. The number of nitrogens with zero attached hydrogens (tertiary/aromatic N) is 3. The van der Waals surface area contributed by atoms with Gasteiger partial charge in [-0.05, 0) is 37.7 Å². The summed E-state index contributed by atoms with van der Waals surface area (Å²) in [5.41, 5.74) is 7.81. The standard InChI is InChI=1S/C19H26N4O2/c1-14-11-18(20)23(21-14)13-19(25)22-9-7-16(8-10-22)17(24)12-15-5-3-2-4-6-15/h2-6,11,16-17,24H,7-10,12-13,20H2,1H3/t17-/m0/s1. The van der Waals surface area contributed by atoms with Crippen molar-refractivity contribution in [3.63, 3.8) is 0 Å². The molecule has 2 heterocycles. The number of aryl methyl sites for hydroxylation is 1. The van der Waals surface area contributed by atoms with Crippen LogP contribution in [-0.2, 0) is 17.8 Å². The smallest absolute Gasteiger partial charge is 0.244 e. The van der Waals surface area contributed by atoms with Crippen LogP contribution in [0.4, 0.5) is 5.82 Å². The molecule has 1 saturated heterocycles. The second-order valence-corrected chi connectivity index (χ2v) is 6.84. The first-order valence-electron chi connectivity index (χ1n) is 8.82. The monoisotopic (exact) mass is 342 g/mol. The van der Waals surface area contributed by atoms with Crippen molar-refractivity contribution in [2.75, 3.05) is 18.8 Å². The number of aliphatic hydroxyl groups excluding tert-OH is 1. The molecule has 1 aliphatic rings. The number of carbonyl (C=O) groups excluding carboxylic acids is 1. The molecule has 0 radical (unpaired) electrons. The van der Waals surface area contributed by atoms with E-state index in [2.05, 4.69) is 5.10 Å². The van der Waals surface area contributed by atoms with Gasteiger partial charge in [0.15, 0.2) is 0 Å². The lowest BCUT2D eigenvalue weighted by Gasteiger charge is -2.34. The summed E-state index contributed by atoms with van der Waals surface area (Å²) in [4.78, 5) is 14.3. The molecular weight excluding hydrogens is 316 g/mol. The van der Waals surface area contributed by atoms with Crippen molar-refractivity contribution in [3.05, 3.63) is 47.7 Å². The molecule has 2 aromatic rings. The average Bonchev–Trinajstić information content (AvgIpc) is 2.93. The van der Waals surface area contributed by atoms with Crippen molar-refractivity contribution < 1.29 is 9.90 Å². The van der Waals surface area contributed by atoms with Gasteiger partial charge in [-0.25, -0.2) is 4.68 Å². The topological polar surface area (TPSA) is 84.4 Å². The van der Waals surface area contributed by atoms with Gasteiger partial charge in [-0.3, -0.25) is 4.79 Å². The number of anilines is 1. The summed E-state index contributed by atoms with van der Waals surface area (Å²) in [6.07, 6.45) is 1.97. The van der Waals surface area contributed by atoms with Gasteiger partial charge in [-0.15, -0.1) is 0 Å². The number of carbonyl (C=O) groups is 1. The third-order valence-electron chi connectivity index (χ3n) is 4.94. The normalized spacial score (nSPS) is 16.8. The van der Waals surface area contributed by atoms with Crippen molar-refractivity contribution in [1.29, 1.82) is 0 Å². The molecule has 1 fully saturated rings. The maximum absolute atomic E-state index is 12.4. The van der Waals surface area contributed by atoms with Gasteiger partial charge in [0.2, 0.25) is 5.91 Å². The molecule has 25 heavy (non-hydrogen) atoms. The Labute approximate surface area is 148 Å². The SMILES string of the molecule is Cc1cc(N)n(CC(=O)N2CCC([C@@H](O)Cc3ccccc3)CC2)n1. The first-order valence-corrected chi connectivity index (χ1v) is 8.82. The summed E-state index contributed by atoms with van der Waals surface area (Å²) >= 11 is 0. The third-order valence-corrected chi connectivity index (χ3v) is 4.94. The van der Waals surface area contributed by atoms with Crippen LogP contribution in [0.15, 0.2) is 36.4 Å². The molecule has 0 bridgehead atoms. The molecular formula is C19H26N4O2. The van der Waals surface area contributed by atoms with Crippen LogP contribution in [-0.4, -0.2) is 44.9 Å².